The molecule has 1 aliphatic heterocycles. The van der Waals surface area contributed by atoms with Crippen molar-refractivity contribution in [2.75, 3.05) is 38.2 Å². The molecule has 2 saturated carbocycles. The normalized spacial score (nSPS) is 32.2. The van der Waals surface area contributed by atoms with Gasteiger partial charge in [0.25, 0.3) is 0 Å². The lowest BCUT2D eigenvalue weighted by Crippen LogP contribution is -2.51. The topological polar surface area (TPSA) is 41.9 Å². The molecule has 1 aromatic rings. The van der Waals surface area contributed by atoms with Crippen LogP contribution in [0.4, 0.5) is 26.3 Å². The Labute approximate surface area is 287 Å². The van der Waals surface area contributed by atoms with Crippen molar-refractivity contribution in [1.29, 1.82) is 0 Å². The van der Waals surface area contributed by atoms with Crippen LogP contribution in [0.15, 0.2) is 18.2 Å². The number of thioether (sulfide) groups is 1. The Bertz CT molecular complexity index is 1170. The first-order valence-electron chi connectivity index (χ1n) is 18.2. The number of hydrogen-bond acceptors (Lipinski definition) is 5. The van der Waals surface area contributed by atoms with Gasteiger partial charge < -0.3 is 19.5 Å². The second-order valence-corrected chi connectivity index (χ2v) is 16.4. The lowest BCUT2D eigenvalue weighted by molar-refractivity contribution is -0.284. The van der Waals surface area contributed by atoms with E-state index in [4.69, 9.17) is 9.47 Å². The molecule has 1 saturated heterocycles. The summed E-state index contributed by atoms with van der Waals surface area (Å²) in [5.74, 6) is -2.03. The van der Waals surface area contributed by atoms with E-state index in [1.165, 1.54) is 17.3 Å². The molecule has 274 valence electrons. The minimum absolute atomic E-state index is 0.146. The maximum absolute atomic E-state index is 16.3. The van der Waals surface area contributed by atoms with Gasteiger partial charge in [0, 0.05) is 18.8 Å². The van der Waals surface area contributed by atoms with Crippen LogP contribution in [-0.4, -0.2) is 78.9 Å². The predicted octanol–water partition coefficient (Wildman–Crippen LogP) is 9.58. The molecule has 0 radical (unpaired) electrons. The summed E-state index contributed by atoms with van der Waals surface area (Å²) < 4.78 is 91.2. The zero-order valence-corrected chi connectivity index (χ0v) is 29.4. The Morgan fingerprint density at radius 2 is 1.77 bits per heavy atom. The smallest absolute Gasteiger partial charge is 0.453 e. The largest absolute Gasteiger partial charge is 0.465 e. The number of fused-ring (bicyclic) bond motifs is 5. The van der Waals surface area contributed by atoms with Gasteiger partial charge in [-0.25, -0.2) is 4.39 Å². The third kappa shape index (κ3) is 9.00. The van der Waals surface area contributed by atoms with E-state index >= 15 is 4.39 Å². The highest BCUT2D eigenvalue weighted by Crippen LogP contribution is 2.63. The average Bonchev–Trinajstić information content (AvgIpc) is 3.32. The molecule has 3 aliphatic carbocycles. The van der Waals surface area contributed by atoms with Crippen LogP contribution in [-0.2, 0) is 11.2 Å². The number of alkyl halides is 6. The molecular weight excluding hydrogens is 652 g/mol. The fourth-order valence-corrected chi connectivity index (χ4v) is 10.1. The molecule has 5 rings (SSSR count). The van der Waals surface area contributed by atoms with Crippen LogP contribution in [0.1, 0.15) is 107 Å². The Hall–Kier alpha value is -1.17. The summed E-state index contributed by atoms with van der Waals surface area (Å²) in [5, 5.41) is 11.0. The average molecular weight is 708 g/mol. The van der Waals surface area contributed by atoms with Crippen molar-refractivity contribution in [3.8, 4) is 5.75 Å². The summed E-state index contributed by atoms with van der Waals surface area (Å²) in [6.07, 6.45) is 2.69. The summed E-state index contributed by atoms with van der Waals surface area (Å²) in [6.45, 7) is 4.62. The Balaban J connectivity index is 1.10. The molecule has 4 aliphatic rings. The summed E-state index contributed by atoms with van der Waals surface area (Å²) in [4.78, 5) is 2.25. The van der Waals surface area contributed by atoms with Crippen LogP contribution >= 0.6 is 11.8 Å². The van der Waals surface area contributed by atoms with Crippen molar-refractivity contribution in [3.05, 3.63) is 29.3 Å². The number of halogens is 6. The van der Waals surface area contributed by atoms with Crippen LogP contribution in [0.3, 0.4) is 0 Å². The standard InChI is InChI=1S/C37H55F6NO3S/c1-35-24-30(38)34-28-13-12-27(47-32-11-5-7-19-46-32)23-26(28)22-25(33(34)29(35)14-15-31(35)45)10-4-3-6-17-44(2)18-9-21-48-20-8-16-36(39,40)37(41,42)43/h12-13,23,25,29-34,45H,3-11,14-22,24H2,1-2H3/t25-,29+,30+,31+,32?,33+,34+,35+/m1/s1. The molecule has 8 atom stereocenters. The molecule has 0 amide bonds. The third-order valence-electron chi connectivity index (χ3n) is 11.8. The molecule has 0 aromatic heterocycles. The van der Waals surface area contributed by atoms with Crippen LogP contribution < -0.4 is 4.74 Å². The lowest BCUT2D eigenvalue weighted by atomic mass is 9.51. The van der Waals surface area contributed by atoms with Gasteiger partial charge in [-0.1, -0.05) is 25.8 Å². The monoisotopic (exact) mass is 707 g/mol. The van der Waals surface area contributed by atoms with E-state index in [0.717, 1.165) is 101 Å². The van der Waals surface area contributed by atoms with Crippen LogP contribution in [0, 0.1) is 23.2 Å². The van der Waals surface area contributed by atoms with E-state index in [1.54, 1.807) is 0 Å². The van der Waals surface area contributed by atoms with E-state index in [9.17, 15) is 27.1 Å². The van der Waals surface area contributed by atoms with E-state index in [0.29, 0.717) is 30.6 Å². The number of benzene rings is 1. The summed E-state index contributed by atoms with van der Waals surface area (Å²) >= 11 is 1.43. The van der Waals surface area contributed by atoms with Crippen LogP contribution in [0.5, 0.6) is 5.75 Å². The summed E-state index contributed by atoms with van der Waals surface area (Å²) in [6, 6.07) is 6.22. The Morgan fingerprint density at radius 1 is 1.00 bits per heavy atom. The molecule has 48 heavy (non-hydrogen) atoms. The van der Waals surface area contributed by atoms with Crippen molar-refractivity contribution in [3.63, 3.8) is 0 Å². The summed E-state index contributed by atoms with van der Waals surface area (Å²) in [5.41, 5.74) is 1.96. The molecule has 1 unspecified atom stereocenters. The fourth-order valence-electron chi connectivity index (χ4n) is 9.21. The molecule has 11 heteroatoms. The van der Waals surface area contributed by atoms with Gasteiger partial charge >= 0.3 is 12.1 Å². The lowest BCUT2D eigenvalue weighted by Gasteiger charge is -2.54. The van der Waals surface area contributed by atoms with Crippen molar-refractivity contribution in [2.24, 2.45) is 23.2 Å². The maximum Gasteiger partial charge on any atom is 0.453 e. The molecule has 4 nitrogen and oxygen atoms in total. The maximum atomic E-state index is 16.3. The fraction of sp³-hybridized carbons (Fsp3) is 0.838. The molecule has 0 bridgehead atoms. The van der Waals surface area contributed by atoms with E-state index in [-0.39, 0.29) is 30.0 Å². The van der Waals surface area contributed by atoms with Gasteiger partial charge in [0.2, 0.25) is 0 Å². The highest BCUT2D eigenvalue weighted by atomic mass is 32.2. The third-order valence-corrected chi connectivity index (χ3v) is 13.0. The van der Waals surface area contributed by atoms with Gasteiger partial charge in [0.05, 0.1) is 12.7 Å². The molecule has 1 aromatic carbocycles. The molecular formula is C37H55F6NO3S. The van der Waals surface area contributed by atoms with Gasteiger partial charge in [-0.05, 0) is 142 Å². The molecule has 3 fully saturated rings. The first-order chi connectivity index (χ1) is 22.8. The number of unbranched alkanes of at least 4 members (excludes halogenated alkanes) is 2. The quantitative estimate of drug-likeness (QED) is 0.137. The molecule has 0 spiro atoms. The van der Waals surface area contributed by atoms with Gasteiger partial charge in [0.15, 0.2) is 6.29 Å². The minimum Gasteiger partial charge on any atom is -0.465 e. The van der Waals surface area contributed by atoms with Gasteiger partial charge in [-0.2, -0.15) is 33.7 Å². The number of aliphatic hydroxyl groups excluding tert-OH is 1. The number of rotatable bonds is 16. The van der Waals surface area contributed by atoms with Gasteiger partial charge in [-0.15, -0.1) is 0 Å². The Kier molecular flexibility index (Phi) is 13.0. The highest BCUT2D eigenvalue weighted by Gasteiger charge is 2.60. The highest BCUT2D eigenvalue weighted by molar-refractivity contribution is 7.99. The predicted molar refractivity (Wildman–Crippen MR) is 179 cm³/mol. The second-order valence-electron chi connectivity index (χ2n) is 15.2. The first-order valence-corrected chi connectivity index (χ1v) is 19.4. The minimum atomic E-state index is -5.47. The zero-order chi connectivity index (χ0) is 34.5. The van der Waals surface area contributed by atoms with Crippen molar-refractivity contribution in [1.82, 2.24) is 4.90 Å². The van der Waals surface area contributed by atoms with Crippen LogP contribution in [0.2, 0.25) is 0 Å². The number of hydrogen-bond donors (Lipinski definition) is 1. The SMILES string of the molecule is CN(CCCCC[C@@H]1Cc2cc(OC3CCCCO3)ccc2[C@@H]2[C@@H]1[C@@H]1CC[C@H](O)[C@@]1(C)C[C@@H]2F)CCCSCCCC(F)(F)C(F)(F)F. The van der Waals surface area contributed by atoms with Crippen LogP contribution in [0.25, 0.3) is 0 Å². The van der Waals surface area contributed by atoms with E-state index in [2.05, 4.69) is 31.0 Å². The van der Waals surface area contributed by atoms with Gasteiger partial charge in [-0.3, -0.25) is 0 Å². The number of aliphatic hydroxyl groups is 1. The molecule has 1 heterocycles. The zero-order valence-electron chi connectivity index (χ0n) is 28.6. The Morgan fingerprint density at radius 3 is 2.52 bits per heavy atom. The van der Waals surface area contributed by atoms with Crippen molar-refractivity contribution < 1.29 is 40.9 Å². The second kappa shape index (κ2) is 16.4. The van der Waals surface area contributed by atoms with Gasteiger partial charge in [0.1, 0.15) is 11.9 Å². The van der Waals surface area contributed by atoms with Crippen molar-refractivity contribution in [2.45, 2.75) is 133 Å². The number of ether oxygens (including phenoxy) is 2. The van der Waals surface area contributed by atoms with E-state index in [1.807, 2.05) is 6.07 Å². The van der Waals surface area contributed by atoms with E-state index < -0.39 is 30.8 Å². The number of nitrogens with zero attached hydrogens (tertiary/aromatic N) is 1. The van der Waals surface area contributed by atoms with Crippen molar-refractivity contribution >= 4 is 11.8 Å². The summed E-state index contributed by atoms with van der Waals surface area (Å²) in [7, 11) is 2.06. The first kappa shape index (κ1) is 38.1. The molecule has 1 N–H and O–H groups in total.